The van der Waals surface area contributed by atoms with Gasteiger partial charge in [0.05, 0.1) is 24.7 Å². The van der Waals surface area contributed by atoms with E-state index < -0.39 is 0 Å². The molecule has 176 valence electrons. The zero-order valence-electron chi connectivity index (χ0n) is 19.9. The molecule has 0 amide bonds. The van der Waals surface area contributed by atoms with Gasteiger partial charge in [-0.2, -0.15) is 0 Å². The molecule has 1 unspecified atom stereocenters. The van der Waals surface area contributed by atoms with Crippen LogP contribution in [-0.4, -0.2) is 44.4 Å². The van der Waals surface area contributed by atoms with Crippen molar-refractivity contribution in [1.29, 1.82) is 0 Å². The van der Waals surface area contributed by atoms with Gasteiger partial charge in [-0.15, -0.1) is 10.2 Å². The summed E-state index contributed by atoms with van der Waals surface area (Å²) in [7, 11) is 2.14. The highest BCUT2D eigenvalue weighted by Crippen LogP contribution is 2.26. The first-order chi connectivity index (χ1) is 16.7. The van der Waals surface area contributed by atoms with Crippen molar-refractivity contribution in [2.24, 2.45) is 0 Å². The Morgan fingerprint density at radius 2 is 1.91 bits per heavy atom. The van der Waals surface area contributed by atoms with Gasteiger partial charge in [-0.3, -0.25) is 9.88 Å². The van der Waals surface area contributed by atoms with E-state index in [2.05, 4.69) is 87.2 Å². The van der Waals surface area contributed by atoms with Crippen LogP contribution in [0.4, 0.5) is 0 Å². The van der Waals surface area contributed by atoms with E-state index in [1.807, 2.05) is 12.3 Å². The third kappa shape index (κ3) is 5.32. The molecule has 0 bridgehead atoms. The van der Waals surface area contributed by atoms with Gasteiger partial charge in [0, 0.05) is 30.5 Å². The van der Waals surface area contributed by atoms with Crippen molar-refractivity contribution >= 4 is 22.7 Å². The highest BCUT2D eigenvalue weighted by Gasteiger charge is 2.22. The number of hydrogen-bond donors (Lipinski definition) is 0. The van der Waals surface area contributed by atoms with E-state index in [1.54, 1.807) is 11.8 Å². The van der Waals surface area contributed by atoms with Crippen LogP contribution in [0.2, 0.25) is 0 Å². The minimum Gasteiger partial charge on any atom is -0.376 e. The molecule has 4 aromatic rings. The van der Waals surface area contributed by atoms with Crippen LogP contribution < -0.4 is 0 Å². The molecule has 5 rings (SSSR count). The maximum absolute atomic E-state index is 5.96. The number of aromatic nitrogens is 4. The van der Waals surface area contributed by atoms with Gasteiger partial charge in [0.25, 0.3) is 0 Å². The molecule has 34 heavy (non-hydrogen) atoms. The Hall–Kier alpha value is -2.74. The molecule has 0 radical (unpaired) electrons. The minimum absolute atomic E-state index is 0.238. The van der Waals surface area contributed by atoms with E-state index in [0.717, 1.165) is 61.3 Å². The van der Waals surface area contributed by atoms with Crippen molar-refractivity contribution in [3.63, 3.8) is 0 Å². The lowest BCUT2D eigenvalue weighted by molar-refractivity contribution is 0.0934. The molecular weight excluding hydrogens is 442 g/mol. The second-order valence-corrected chi connectivity index (χ2v) is 9.96. The molecular formula is C27H31N5OS. The highest BCUT2D eigenvalue weighted by molar-refractivity contribution is 7.98. The smallest absolute Gasteiger partial charge is 0.191 e. The zero-order chi connectivity index (χ0) is 23.3. The largest absolute Gasteiger partial charge is 0.376 e. The molecule has 3 heterocycles. The van der Waals surface area contributed by atoms with Crippen molar-refractivity contribution in [2.45, 2.75) is 56.4 Å². The van der Waals surface area contributed by atoms with Crippen molar-refractivity contribution in [3.05, 3.63) is 83.3 Å². The van der Waals surface area contributed by atoms with E-state index in [9.17, 15) is 0 Å². The van der Waals surface area contributed by atoms with Gasteiger partial charge >= 0.3 is 0 Å². The first-order valence-corrected chi connectivity index (χ1v) is 12.9. The monoisotopic (exact) mass is 473 g/mol. The highest BCUT2D eigenvalue weighted by atomic mass is 32.2. The van der Waals surface area contributed by atoms with Crippen LogP contribution in [-0.2, 0) is 30.1 Å². The molecule has 2 aromatic carbocycles. The van der Waals surface area contributed by atoms with Gasteiger partial charge < -0.3 is 9.30 Å². The Labute approximate surface area is 205 Å². The van der Waals surface area contributed by atoms with Crippen LogP contribution in [0.5, 0.6) is 0 Å². The van der Waals surface area contributed by atoms with E-state index in [0.29, 0.717) is 0 Å². The summed E-state index contributed by atoms with van der Waals surface area (Å²) in [6.07, 6.45) is 4.31. The zero-order valence-corrected chi connectivity index (χ0v) is 20.7. The fourth-order valence-electron chi connectivity index (χ4n) is 4.53. The number of aryl methyl sites for hydroxylation is 1. The Bertz CT molecular complexity index is 1250. The van der Waals surface area contributed by atoms with Crippen LogP contribution in [0.25, 0.3) is 10.9 Å². The standard InChI is InChI=1S/C27H31N5OS/c1-20-8-3-4-9-22(20)19-34-27-30-29-26(32(27)17-23-11-7-15-33-23)18-31(2)16-21-10-5-13-25-24(21)12-6-14-28-25/h3-6,8-10,12-14,23H,7,11,15-19H2,1-2H3. The molecule has 0 saturated carbocycles. The molecule has 1 aliphatic heterocycles. The van der Waals surface area contributed by atoms with E-state index in [4.69, 9.17) is 4.74 Å². The van der Waals surface area contributed by atoms with Gasteiger partial charge in [-0.05, 0) is 55.6 Å². The third-order valence-electron chi connectivity index (χ3n) is 6.41. The first kappa shape index (κ1) is 23.0. The van der Waals surface area contributed by atoms with Gasteiger partial charge in [0.15, 0.2) is 5.16 Å². The molecule has 2 aromatic heterocycles. The number of benzene rings is 2. The average molecular weight is 474 g/mol. The second-order valence-electron chi connectivity index (χ2n) is 9.02. The summed E-state index contributed by atoms with van der Waals surface area (Å²) in [5.74, 6) is 1.87. The Morgan fingerprint density at radius 1 is 1.03 bits per heavy atom. The van der Waals surface area contributed by atoms with Crippen LogP contribution in [0.15, 0.2) is 66.0 Å². The number of rotatable bonds is 9. The average Bonchev–Trinajstić information content (AvgIpc) is 3.50. The van der Waals surface area contributed by atoms with Gasteiger partial charge in [-0.1, -0.05) is 54.2 Å². The van der Waals surface area contributed by atoms with Crippen molar-refractivity contribution in [2.75, 3.05) is 13.7 Å². The van der Waals surface area contributed by atoms with Crippen LogP contribution in [0.3, 0.4) is 0 Å². The van der Waals surface area contributed by atoms with Gasteiger partial charge in [0.2, 0.25) is 0 Å². The number of nitrogens with zero attached hydrogens (tertiary/aromatic N) is 5. The van der Waals surface area contributed by atoms with Crippen molar-refractivity contribution in [1.82, 2.24) is 24.6 Å². The molecule has 0 aliphatic carbocycles. The summed E-state index contributed by atoms with van der Waals surface area (Å²) in [6.45, 7) is 5.37. The lowest BCUT2D eigenvalue weighted by Gasteiger charge is -2.20. The summed E-state index contributed by atoms with van der Waals surface area (Å²) in [6, 6.07) is 19.0. The predicted molar refractivity (Wildman–Crippen MR) is 137 cm³/mol. The Morgan fingerprint density at radius 3 is 2.76 bits per heavy atom. The lowest BCUT2D eigenvalue weighted by atomic mass is 10.1. The third-order valence-corrected chi connectivity index (χ3v) is 7.42. The molecule has 1 saturated heterocycles. The van der Waals surface area contributed by atoms with E-state index >= 15 is 0 Å². The fraction of sp³-hybridized carbons (Fsp3) is 0.370. The van der Waals surface area contributed by atoms with Crippen LogP contribution in [0, 0.1) is 6.92 Å². The lowest BCUT2D eigenvalue weighted by Crippen LogP contribution is -2.23. The molecule has 0 spiro atoms. The number of thioether (sulfide) groups is 1. The summed E-state index contributed by atoms with van der Waals surface area (Å²) in [5.41, 5.74) is 4.95. The molecule has 0 N–H and O–H groups in total. The second kappa shape index (κ2) is 10.7. The van der Waals surface area contributed by atoms with Crippen LogP contribution in [0.1, 0.15) is 35.4 Å². The topological polar surface area (TPSA) is 56.1 Å². The summed E-state index contributed by atoms with van der Waals surface area (Å²) in [5, 5.41) is 11.4. The minimum atomic E-state index is 0.238. The number of ether oxygens (including phenoxy) is 1. The normalized spacial score (nSPS) is 16.0. The van der Waals surface area contributed by atoms with E-state index in [1.165, 1.54) is 22.1 Å². The van der Waals surface area contributed by atoms with E-state index in [-0.39, 0.29) is 6.10 Å². The molecule has 6 nitrogen and oxygen atoms in total. The Balaban J connectivity index is 1.34. The fourth-order valence-corrected chi connectivity index (χ4v) is 5.57. The van der Waals surface area contributed by atoms with Crippen LogP contribution >= 0.6 is 11.8 Å². The SMILES string of the molecule is Cc1ccccc1CSc1nnc(CN(C)Cc2cccc3ncccc23)n1CC1CCCO1. The maximum atomic E-state index is 5.96. The molecule has 1 aliphatic rings. The maximum Gasteiger partial charge on any atom is 0.191 e. The number of pyridine rings is 1. The first-order valence-electron chi connectivity index (χ1n) is 11.9. The summed E-state index contributed by atoms with van der Waals surface area (Å²) >= 11 is 1.76. The van der Waals surface area contributed by atoms with Crippen molar-refractivity contribution in [3.8, 4) is 0 Å². The number of hydrogen-bond acceptors (Lipinski definition) is 6. The molecule has 1 atom stereocenters. The quantitative estimate of drug-likeness (QED) is 0.310. The predicted octanol–water partition coefficient (Wildman–Crippen LogP) is 5.24. The molecule has 1 fully saturated rings. The Kier molecular flexibility index (Phi) is 7.23. The van der Waals surface area contributed by atoms with Crippen molar-refractivity contribution < 1.29 is 4.74 Å². The summed E-state index contributed by atoms with van der Waals surface area (Å²) < 4.78 is 8.24. The molecule has 7 heteroatoms. The van der Waals surface area contributed by atoms with Gasteiger partial charge in [0.1, 0.15) is 5.82 Å². The summed E-state index contributed by atoms with van der Waals surface area (Å²) in [4.78, 5) is 6.80. The number of fused-ring (bicyclic) bond motifs is 1. The van der Waals surface area contributed by atoms with Gasteiger partial charge in [-0.25, -0.2) is 0 Å².